The van der Waals surface area contributed by atoms with E-state index in [9.17, 15) is 14.4 Å². The molecule has 2 heterocycles. The number of hydrogen-bond acceptors (Lipinski definition) is 6. The second-order valence-corrected chi connectivity index (χ2v) is 7.31. The van der Waals surface area contributed by atoms with Crippen molar-refractivity contribution in [1.29, 1.82) is 0 Å². The molecule has 10 heteroatoms. The van der Waals surface area contributed by atoms with Crippen LogP contribution in [0, 0.1) is 6.92 Å². The van der Waals surface area contributed by atoms with E-state index in [0.717, 1.165) is 10.8 Å². The van der Waals surface area contributed by atoms with Crippen molar-refractivity contribution in [2.75, 3.05) is 36.9 Å². The standard InChI is InChI=1S/C22H23N5O5/c1-15-12-19(25-32-15)24-20(28)13-31-14-21(29)26-10-5-11-27(26)22(30)23-18-9-4-7-16-6-2-3-8-17(16)18/h2-4,6-9,12H,5,10-11,13-14H2,1H3,(H,23,30)(H,24,25,28). The molecule has 32 heavy (non-hydrogen) atoms. The molecule has 0 radical (unpaired) electrons. The minimum absolute atomic E-state index is 0.276. The van der Waals surface area contributed by atoms with Crippen LogP contribution >= 0.6 is 0 Å². The predicted octanol–water partition coefficient (Wildman–Crippen LogP) is 2.77. The zero-order chi connectivity index (χ0) is 22.5. The van der Waals surface area contributed by atoms with Crippen LogP contribution in [0.5, 0.6) is 0 Å². The van der Waals surface area contributed by atoms with Gasteiger partial charge in [-0.05, 0) is 24.8 Å². The van der Waals surface area contributed by atoms with Crippen LogP contribution in [0.2, 0.25) is 0 Å². The molecular formula is C22H23N5O5. The summed E-state index contributed by atoms with van der Waals surface area (Å²) in [7, 11) is 0. The molecule has 0 spiro atoms. The average molecular weight is 437 g/mol. The number of carbonyl (C=O) groups is 3. The van der Waals surface area contributed by atoms with E-state index in [-0.39, 0.29) is 19.0 Å². The quantitative estimate of drug-likeness (QED) is 0.612. The fourth-order valence-corrected chi connectivity index (χ4v) is 3.51. The Balaban J connectivity index is 1.31. The summed E-state index contributed by atoms with van der Waals surface area (Å²) in [6, 6.07) is 14.6. The summed E-state index contributed by atoms with van der Waals surface area (Å²) < 4.78 is 10.1. The van der Waals surface area contributed by atoms with Gasteiger partial charge in [-0.1, -0.05) is 41.6 Å². The van der Waals surface area contributed by atoms with Gasteiger partial charge in [-0.2, -0.15) is 0 Å². The third-order valence-corrected chi connectivity index (χ3v) is 4.94. The number of rotatable bonds is 6. The number of anilines is 2. The van der Waals surface area contributed by atoms with Crippen LogP contribution in [0.4, 0.5) is 16.3 Å². The van der Waals surface area contributed by atoms with Crippen LogP contribution < -0.4 is 10.6 Å². The van der Waals surface area contributed by atoms with Crippen molar-refractivity contribution in [1.82, 2.24) is 15.2 Å². The molecule has 0 atom stereocenters. The Morgan fingerprint density at radius 3 is 2.62 bits per heavy atom. The molecule has 1 aromatic heterocycles. The number of hydrogen-bond donors (Lipinski definition) is 2. The van der Waals surface area contributed by atoms with Crippen LogP contribution in [0.25, 0.3) is 10.8 Å². The first-order valence-electron chi connectivity index (χ1n) is 10.2. The fraction of sp³-hybridized carbons (Fsp3) is 0.273. The SMILES string of the molecule is Cc1cc(NC(=O)COCC(=O)N2CCCN2C(=O)Nc2cccc3ccccc23)no1. The smallest absolute Gasteiger partial charge is 0.340 e. The lowest BCUT2D eigenvalue weighted by atomic mass is 10.1. The van der Waals surface area contributed by atoms with Crippen LogP contribution in [0.15, 0.2) is 53.1 Å². The van der Waals surface area contributed by atoms with Crippen LogP contribution in [0.1, 0.15) is 12.2 Å². The number of amides is 4. The number of aryl methyl sites for hydroxylation is 1. The highest BCUT2D eigenvalue weighted by atomic mass is 16.5. The maximum atomic E-state index is 12.9. The van der Waals surface area contributed by atoms with Gasteiger partial charge in [-0.15, -0.1) is 0 Å². The van der Waals surface area contributed by atoms with E-state index in [1.165, 1.54) is 10.0 Å². The second kappa shape index (κ2) is 9.48. The number of carbonyl (C=O) groups excluding carboxylic acids is 3. The summed E-state index contributed by atoms with van der Waals surface area (Å²) in [5.41, 5.74) is 0.670. The van der Waals surface area contributed by atoms with Gasteiger partial charge in [-0.3, -0.25) is 9.59 Å². The highest BCUT2D eigenvalue weighted by Crippen LogP contribution is 2.24. The fourth-order valence-electron chi connectivity index (χ4n) is 3.51. The van der Waals surface area contributed by atoms with E-state index in [1.807, 2.05) is 42.5 Å². The largest absolute Gasteiger partial charge is 0.362 e. The lowest BCUT2D eigenvalue weighted by Crippen LogP contribution is -2.48. The number of nitrogens with one attached hydrogen (secondary N) is 2. The Bertz CT molecular complexity index is 1140. The first kappa shape index (κ1) is 21.3. The summed E-state index contributed by atoms with van der Waals surface area (Å²) in [5.74, 6) is -0.0238. The highest BCUT2D eigenvalue weighted by molar-refractivity contribution is 6.02. The normalized spacial score (nSPS) is 13.4. The molecule has 0 saturated carbocycles. The van der Waals surface area contributed by atoms with Crippen LogP contribution in [0.3, 0.4) is 0 Å². The third-order valence-electron chi connectivity index (χ3n) is 4.94. The Labute approximate surface area is 184 Å². The Kier molecular flexibility index (Phi) is 6.31. The summed E-state index contributed by atoms with van der Waals surface area (Å²) in [5, 5.41) is 13.7. The van der Waals surface area contributed by atoms with Gasteiger partial charge in [0.05, 0.1) is 5.69 Å². The number of fused-ring (bicyclic) bond motifs is 1. The lowest BCUT2D eigenvalue weighted by molar-refractivity contribution is -0.145. The number of urea groups is 1. The predicted molar refractivity (Wildman–Crippen MR) is 117 cm³/mol. The maximum absolute atomic E-state index is 12.9. The number of aromatic nitrogens is 1. The molecule has 0 unspecified atom stereocenters. The number of hydrazine groups is 1. The molecule has 1 saturated heterocycles. The second-order valence-electron chi connectivity index (χ2n) is 7.31. The topological polar surface area (TPSA) is 117 Å². The molecule has 2 aromatic carbocycles. The Morgan fingerprint density at radius 2 is 1.81 bits per heavy atom. The molecule has 1 fully saturated rings. The monoisotopic (exact) mass is 437 g/mol. The van der Waals surface area contributed by atoms with Crippen LogP contribution in [-0.2, 0) is 14.3 Å². The first-order valence-corrected chi connectivity index (χ1v) is 10.2. The summed E-state index contributed by atoms with van der Waals surface area (Å²) >= 11 is 0. The molecule has 4 amide bonds. The molecule has 2 N–H and O–H groups in total. The molecule has 0 aliphatic carbocycles. The molecule has 1 aliphatic rings. The van der Waals surface area contributed by atoms with Gasteiger partial charge >= 0.3 is 6.03 Å². The van der Waals surface area contributed by atoms with Crippen molar-refractivity contribution in [3.8, 4) is 0 Å². The van der Waals surface area contributed by atoms with Crippen molar-refractivity contribution in [3.05, 3.63) is 54.3 Å². The van der Waals surface area contributed by atoms with Gasteiger partial charge < -0.3 is 19.9 Å². The third kappa shape index (κ3) is 4.86. The van der Waals surface area contributed by atoms with Gasteiger partial charge in [-0.25, -0.2) is 14.8 Å². The van der Waals surface area contributed by atoms with E-state index in [1.54, 1.807) is 13.0 Å². The maximum Gasteiger partial charge on any atom is 0.340 e. The van der Waals surface area contributed by atoms with E-state index in [2.05, 4.69) is 15.8 Å². The number of ether oxygens (including phenoxy) is 1. The average Bonchev–Trinajstić information content (AvgIpc) is 3.43. The molecule has 166 valence electrons. The van der Waals surface area contributed by atoms with Gasteiger partial charge in [0.1, 0.15) is 19.0 Å². The van der Waals surface area contributed by atoms with Crippen molar-refractivity contribution < 1.29 is 23.6 Å². The van der Waals surface area contributed by atoms with Crippen LogP contribution in [-0.4, -0.2) is 59.3 Å². The minimum Gasteiger partial charge on any atom is -0.362 e. The van der Waals surface area contributed by atoms with Gasteiger partial charge in [0, 0.05) is 24.5 Å². The van der Waals surface area contributed by atoms with E-state index in [4.69, 9.17) is 9.26 Å². The van der Waals surface area contributed by atoms with Gasteiger partial charge in [0.15, 0.2) is 5.82 Å². The number of benzene rings is 2. The zero-order valence-electron chi connectivity index (χ0n) is 17.5. The zero-order valence-corrected chi connectivity index (χ0v) is 17.5. The minimum atomic E-state index is -0.460. The van der Waals surface area contributed by atoms with Crippen molar-refractivity contribution in [2.45, 2.75) is 13.3 Å². The molecule has 3 aromatic rings. The Hall–Kier alpha value is -3.92. The van der Waals surface area contributed by atoms with Crippen molar-refractivity contribution in [2.24, 2.45) is 0 Å². The first-order chi connectivity index (χ1) is 15.5. The molecule has 1 aliphatic heterocycles. The highest BCUT2D eigenvalue weighted by Gasteiger charge is 2.31. The molecule has 10 nitrogen and oxygen atoms in total. The van der Waals surface area contributed by atoms with Gasteiger partial charge in [0.25, 0.3) is 11.8 Å². The summed E-state index contributed by atoms with van der Waals surface area (Å²) in [6.45, 7) is 1.86. The molecule has 0 bridgehead atoms. The van der Waals surface area contributed by atoms with E-state index in [0.29, 0.717) is 31.0 Å². The van der Waals surface area contributed by atoms with E-state index < -0.39 is 17.8 Å². The van der Waals surface area contributed by atoms with E-state index >= 15 is 0 Å². The van der Waals surface area contributed by atoms with Gasteiger partial charge in [0.2, 0.25) is 0 Å². The number of nitrogens with zero attached hydrogens (tertiary/aromatic N) is 3. The summed E-state index contributed by atoms with van der Waals surface area (Å²) in [4.78, 5) is 37.3. The lowest BCUT2D eigenvalue weighted by Gasteiger charge is -2.28. The summed E-state index contributed by atoms with van der Waals surface area (Å²) in [6.07, 6.45) is 0.653. The van der Waals surface area contributed by atoms with Crippen molar-refractivity contribution in [3.63, 3.8) is 0 Å². The molecular weight excluding hydrogens is 414 g/mol. The molecule has 4 rings (SSSR count). The van der Waals surface area contributed by atoms with Crippen molar-refractivity contribution >= 4 is 40.1 Å². The Morgan fingerprint density at radius 1 is 1.03 bits per heavy atom.